The number of fused-ring (bicyclic) bond motifs is 1. The van der Waals surface area contributed by atoms with Crippen molar-refractivity contribution in [1.29, 1.82) is 0 Å². The molecule has 0 aliphatic carbocycles. The van der Waals surface area contributed by atoms with Gasteiger partial charge in [0.15, 0.2) is 0 Å². The smallest absolute Gasteiger partial charge is 0.319 e. The van der Waals surface area contributed by atoms with Crippen molar-refractivity contribution in [3.05, 3.63) is 54.1 Å². The second-order valence-corrected chi connectivity index (χ2v) is 6.02. The van der Waals surface area contributed by atoms with E-state index in [1.165, 1.54) is 6.26 Å². The van der Waals surface area contributed by atoms with Crippen molar-refractivity contribution in [2.24, 2.45) is 0 Å². The minimum absolute atomic E-state index is 0.205. The van der Waals surface area contributed by atoms with Crippen molar-refractivity contribution in [3.63, 3.8) is 0 Å². The van der Waals surface area contributed by atoms with Crippen molar-refractivity contribution in [1.82, 2.24) is 10.3 Å². The largest absolute Gasteiger partial charge is 0.467 e. The van der Waals surface area contributed by atoms with Crippen molar-refractivity contribution in [2.75, 3.05) is 5.32 Å². The maximum absolute atomic E-state index is 12.1. The number of hydrogen-bond donors (Lipinski definition) is 4. The molecule has 0 aliphatic heterocycles. The normalized spacial score (nSPS) is 13.6. The molecule has 2 atom stereocenters. The molecular formula is C18H21N3O3. The van der Waals surface area contributed by atoms with E-state index in [0.717, 1.165) is 22.3 Å². The van der Waals surface area contributed by atoms with E-state index in [1.807, 2.05) is 38.1 Å². The maximum Gasteiger partial charge on any atom is 0.319 e. The van der Waals surface area contributed by atoms with E-state index in [9.17, 15) is 9.90 Å². The second kappa shape index (κ2) is 6.80. The summed E-state index contributed by atoms with van der Waals surface area (Å²) in [5.74, 6) is 0.498. The third-order valence-corrected chi connectivity index (χ3v) is 3.84. The van der Waals surface area contributed by atoms with E-state index in [0.29, 0.717) is 12.2 Å². The van der Waals surface area contributed by atoms with Crippen LogP contribution in [0.3, 0.4) is 0 Å². The van der Waals surface area contributed by atoms with E-state index < -0.39 is 6.10 Å². The van der Waals surface area contributed by atoms with Gasteiger partial charge in [-0.05, 0) is 50.2 Å². The number of amides is 2. The first kappa shape index (κ1) is 16.1. The number of urea groups is 1. The molecular weight excluding hydrogens is 306 g/mol. The lowest BCUT2D eigenvalue weighted by molar-refractivity contribution is 0.130. The first-order valence-electron chi connectivity index (χ1n) is 7.89. The van der Waals surface area contributed by atoms with Crippen LogP contribution in [-0.4, -0.2) is 22.2 Å². The predicted octanol–water partition coefficient (Wildman–Crippen LogP) is 3.70. The average Bonchev–Trinajstić information content (AvgIpc) is 3.14. The molecule has 6 nitrogen and oxygen atoms in total. The number of aryl methyl sites for hydroxylation is 1. The van der Waals surface area contributed by atoms with Crippen LogP contribution in [0, 0.1) is 6.92 Å². The quantitative estimate of drug-likeness (QED) is 0.576. The summed E-state index contributed by atoms with van der Waals surface area (Å²) in [6.45, 7) is 3.83. The molecule has 4 N–H and O–H groups in total. The fourth-order valence-corrected chi connectivity index (χ4v) is 2.74. The number of nitrogens with one attached hydrogen (secondary N) is 3. The number of aromatic nitrogens is 1. The minimum atomic E-state index is -0.741. The van der Waals surface area contributed by atoms with E-state index in [2.05, 4.69) is 15.6 Å². The van der Waals surface area contributed by atoms with Crippen LogP contribution in [0.25, 0.3) is 10.9 Å². The highest BCUT2D eigenvalue weighted by Gasteiger charge is 2.16. The van der Waals surface area contributed by atoms with Gasteiger partial charge in [-0.1, -0.05) is 0 Å². The van der Waals surface area contributed by atoms with Crippen LogP contribution in [0.1, 0.15) is 30.9 Å². The van der Waals surface area contributed by atoms with Crippen LogP contribution in [0.5, 0.6) is 0 Å². The van der Waals surface area contributed by atoms with Gasteiger partial charge in [0.2, 0.25) is 0 Å². The molecule has 2 aromatic heterocycles. The number of benzene rings is 1. The topological polar surface area (TPSA) is 90.3 Å². The standard InChI is InChI=1S/C18H21N3O3/c1-11-8-13-10-14(5-6-15(13)19-11)21-18(23)20-12(2)9-16(22)17-4-3-7-24-17/h3-8,10,12,16,19,22H,9H2,1-2H3,(H2,20,21,23). The van der Waals surface area contributed by atoms with Crippen molar-refractivity contribution < 1.29 is 14.3 Å². The molecule has 0 aliphatic rings. The van der Waals surface area contributed by atoms with Crippen LogP contribution in [0.15, 0.2) is 47.1 Å². The zero-order valence-electron chi connectivity index (χ0n) is 13.7. The Labute approximate surface area is 139 Å². The lowest BCUT2D eigenvalue weighted by Gasteiger charge is -2.17. The molecule has 6 heteroatoms. The number of hydrogen-bond acceptors (Lipinski definition) is 3. The van der Waals surface area contributed by atoms with Gasteiger partial charge < -0.3 is 25.1 Å². The number of aliphatic hydroxyl groups is 1. The predicted molar refractivity (Wildman–Crippen MR) is 92.9 cm³/mol. The number of aromatic amines is 1. The fraction of sp³-hybridized carbons (Fsp3) is 0.278. The zero-order chi connectivity index (χ0) is 17.1. The molecule has 0 radical (unpaired) electrons. The molecule has 0 spiro atoms. The fourth-order valence-electron chi connectivity index (χ4n) is 2.74. The summed E-state index contributed by atoms with van der Waals surface area (Å²) in [5, 5.41) is 16.7. The van der Waals surface area contributed by atoms with Gasteiger partial charge in [0.25, 0.3) is 0 Å². The molecule has 126 valence electrons. The summed E-state index contributed by atoms with van der Waals surface area (Å²) in [6, 6.07) is 10.7. The zero-order valence-corrected chi connectivity index (χ0v) is 13.7. The summed E-state index contributed by atoms with van der Waals surface area (Å²) in [7, 11) is 0. The molecule has 0 fully saturated rings. The molecule has 3 aromatic rings. The Hall–Kier alpha value is -2.73. The number of carbonyl (C=O) groups excluding carboxylic acids is 1. The van der Waals surface area contributed by atoms with Crippen molar-refractivity contribution in [3.8, 4) is 0 Å². The number of carbonyl (C=O) groups is 1. The molecule has 0 bridgehead atoms. The number of furan rings is 1. The van der Waals surface area contributed by atoms with Crippen LogP contribution < -0.4 is 10.6 Å². The third kappa shape index (κ3) is 3.78. The van der Waals surface area contributed by atoms with E-state index in [4.69, 9.17) is 4.42 Å². The van der Waals surface area contributed by atoms with Crippen molar-refractivity contribution >= 4 is 22.6 Å². The number of H-pyrrole nitrogens is 1. The maximum atomic E-state index is 12.1. The van der Waals surface area contributed by atoms with Gasteiger partial charge >= 0.3 is 6.03 Å². The Bertz CT molecular complexity index is 823. The van der Waals surface area contributed by atoms with Gasteiger partial charge in [-0.2, -0.15) is 0 Å². The lowest BCUT2D eigenvalue weighted by atomic mass is 10.1. The van der Waals surface area contributed by atoms with Gasteiger partial charge in [-0.15, -0.1) is 0 Å². The summed E-state index contributed by atoms with van der Waals surface area (Å²) < 4.78 is 5.16. The van der Waals surface area contributed by atoms with Crippen LogP contribution in [0.4, 0.5) is 10.5 Å². The molecule has 3 rings (SSSR count). The molecule has 2 heterocycles. The third-order valence-electron chi connectivity index (χ3n) is 3.84. The SMILES string of the molecule is Cc1cc2cc(NC(=O)NC(C)CC(O)c3ccco3)ccc2[nH]1. The molecule has 24 heavy (non-hydrogen) atoms. The Morgan fingerprint density at radius 2 is 2.17 bits per heavy atom. The Balaban J connectivity index is 1.55. The lowest BCUT2D eigenvalue weighted by Crippen LogP contribution is -2.37. The van der Waals surface area contributed by atoms with E-state index >= 15 is 0 Å². The van der Waals surface area contributed by atoms with Crippen LogP contribution in [0.2, 0.25) is 0 Å². The Morgan fingerprint density at radius 1 is 1.33 bits per heavy atom. The molecule has 2 amide bonds. The summed E-state index contributed by atoms with van der Waals surface area (Å²) in [4.78, 5) is 15.3. The van der Waals surface area contributed by atoms with Gasteiger partial charge in [0, 0.05) is 34.7 Å². The first-order valence-corrected chi connectivity index (χ1v) is 7.89. The highest BCUT2D eigenvalue weighted by Crippen LogP contribution is 2.20. The summed E-state index contributed by atoms with van der Waals surface area (Å²) >= 11 is 0. The van der Waals surface area contributed by atoms with Gasteiger partial charge in [-0.3, -0.25) is 0 Å². The van der Waals surface area contributed by atoms with Gasteiger partial charge in [-0.25, -0.2) is 4.79 Å². The van der Waals surface area contributed by atoms with Gasteiger partial charge in [0.1, 0.15) is 11.9 Å². The monoisotopic (exact) mass is 327 g/mol. The van der Waals surface area contributed by atoms with Crippen molar-refractivity contribution in [2.45, 2.75) is 32.4 Å². The highest BCUT2D eigenvalue weighted by molar-refractivity contribution is 5.93. The average molecular weight is 327 g/mol. The number of rotatable bonds is 5. The minimum Gasteiger partial charge on any atom is -0.467 e. The van der Waals surface area contributed by atoms with Crippen LogP contribution in [-0.2, 0) is 0 Å². The molecule has 2 unspecified atom stereocenters. The van der Waals surface area contributed by atoms with E-state index in [1.54, 1.807) is 12.1 Å². The highest BCUT2D eigenvalue weighted by atomic mass is 16.4. The number of aliphatic hydroxyl groups excluding tert-OH is 1. The molecule has 0 saturated carbocycles. The number of anilines is 1. The van der Waals surface area contributed by atoms with Gasteiger partial charge in [0.05, 0.1) is 6.26 Å². The summed E-state index contributed by atoms with van der Waals surface area (Å²) in [6.07, 6.45) is 1.15. The molecule has 1 aromatic carbocycles. The van der Waals surface area contributed by atoms with Crippen LogP contribution >= 0.6 is 0 Å². The van der Waals surface area contributed by atoms with E-state index in [-0.39, 0.29) is 12.1 Å². The Morgan fingerprint density at radius 3 is 2.92 bits per heavy atom. The summed E-state index contributed by atoms with van der Waals surface area (Å²) in [5.41, 5.74) is 2.83. The molecule has 0 saturated heterocycles. The second-order valence-electron chi connectivity index (χ2n) is 6.02. The Kier molecular flexibility index (Phi) is 4.57. The first-order chi connectivity index (χ1) is 11.5.